The summed E-state index contributed by atoms with van der Waals surface area (Å²) in [5, 5.41) is 12.3. The van der Waals surface area contributed by atoms with Crippen molar-refractivity contribution in [3.05, 3.63) is 24.0 Å². The summed E-state index contributed by atoms with van der Waals surface area (Å²) in [6.45, 7) is 1.05. The summed E-state index contributed by atoms with van der Waals surface area (Å²) in [6.07, 6.45) is 4.71. The van der Waals surface area contributed by atoms with Crippen molar-refractivity contribution in [2.75, 3.05) is 25.6 Å². The number of esters is 1. The number of carbonyl (C=O) groups is 1. The number of nitrogens with zero attached hydrogens (tertiary/aromatic N) is 1. The predicted octanol–water partition coefficient (Wildman–Crippen LogP) is 1.44. The first-order valence-corrected chi connectivity index (χ1v) is 6.08. The topological polar surface area (TPSA) is 71.5 Å². The molecule has 2 N–H and O–H groups in total. The van der Waals surface area contributed by atoms with Gasteiger partial charge in [0.05, 0.1) is 7.11 Å². The molecule has 5 nitrogen and oxygen atoms in total. The van der Waals surface area contributed by atoms with E-state index in [1.54, 1.807) is 12.3 Å². The second-order valence-electron chi connectivity index (χ2n) is 4.75. The summed E-state index contributed by atoms with van der Waals surface area (Å²) in [4.78, 5) is 15.3. The van der Waals surface area contributed by atoms with E-state index in [1.165, 1.54) is 7.11 Å². The predicted molar refractivity (Wildman–Crippen MR) is 67.4 cm³/mol. The maximum absolute atomic E-state index is 11.3. The van der Waals surface area contributed by atoms with Crippen molar-refractivity contribution in [1.82, 2.24) is 4.98 Å². The molecule has 0 atom stereocenters. The number of anilines is 1. The van der Waals surface area contributed by atoms with Crippen molar-refractivity contribution in [3.63, 3.8) is 0 Å². The van der Waals surface area contributed by atoms with Crippen LogP contribution < -0.4 is 5.32 Å². The number of hydrogen-bond donors (Lipinski definition) is 2. The molecule has 0 saturated heterocycles. The van der Waals surface area contributed by atoms with Crippen LogP contribution in [0.1, 0.15) is 29.8 Å². The van der Waals surface area contributed by atoms with E-state index >= 15 is 0 Å². The first-order chi connectivity index (χ1) is 8.69. The molecule has 0 spiro atoms. The molecule has 5 heteroatoms. The fraction of sp³-hybridized carbons (Fsp3) is 0.538. The zero-order valence-electron chi connectivity index (χ0n) is 10.5. The zero-order valence-corrected chi connectivity index (χ0v) is 10.5. The minimum absolute atomic E-state index is 0.228. The van der Waals surface area contributed by atoms with Crippen LogP contribution in [0, 0.1) is 5.41 Å². The van der Waals surface area contributed by atoms with Crippen LogP contribution in [0.15, 0.2) is 18.3 Å². The number of hydrogen-bond acceptors (Lipinski definition) is 5. The van der Waals surface area contributed by atoms with Gasteiger partial charge < -0.3 is 15.2 Å². The molecule has 1 heterocycles. The largest absolute Gasteiger partial charge is 0.464 e. The minimum Gasteiger partial charge on any atom is -0.464 e. The molecule has 18 heavy (non-hydrogen) atoms. The van der Waals surface area contributed by atoms with E-state index < -0.39 is 5.97 Å². The lowest BCUT2D eigenvalue weighted by Crippen LogP contribution is -2.17. The van der Waals surface area contributed by atoms with Gasteiger partial charge in [0, 0.05) is 25.0 Å². The number of aliphatic hydroxyl groups is 1. The van der Waals surface area contributed by atoms with E-state index in [0.29, 0.717) is 5.69 Å². The van der Waals surface area contributed by atoms with Crippen molar-refractivity contribution in [2.45, 2.75) is 19.3 Å². The summed E-state index contributed by atoms with van der Waals surface area (Å²) < 4.78 is 4.63. The van der Waals surface area contributed by atoms with Crippen molar-refractivity contribution in [3.8, 4) is 0 Å². The number of carbonyl (C=O) groups excluding carboxylic acids is 1. The highest BCUT2D eigenvalue weighted by atomic mass is 16.5. The lowest BCUT2D eigenvalue weighted by molar-refractivity contribution is 0.0594. The smallest absolute Gasteiger partial charge is 0.356 e. The number of pyridine rings is 1. The molecular formula is C13H18N2O3. The normalized spacial score (nSPS) is 16.1. The SMILES string of the molecule is COC(=O)c1cc(NCC2(CCO)CC2)ccn1. The number of nitrogens with one attached hydrogen (secondary N) is 1. The molecule has 0 aromatic carbocycles. The molecule has 0 amide bonds. The van der Waals surface area contributed by atoms with E-state index in [9.17, 15) is 4.79 Å². The molecule has 0 unspecified atom stereocenters. The van der Waals surface area contributed by atoms with E-state index in [4.69, 9.17) is 5.11 Å². The van der Waals surface area contributed by atoms with E-state index in [1.807, 2.05) is 6.07 Å². The third-order valence-electron chi connectivity index (χ3n) is 3.42. The minimum atomic E-state index is -0.435. The van der Waals surface area contributed by atoms with Gasteiger partial charge in [-0.25, -0.2) is 9.78 Å². The Hall–Kier alpha value is -1.62. The number of methoxy groups -OCH3 is 1. The van der Waals surface area contributed by atoms with Crippen LogP contribution in [-0.2, 0) is 4.74 Å². The Bertz CT molecular complexity index is 430. The number of aromatic nitrogens is 1. The number of aliphatic hydroxyl groups excluding tert-OH is 1. The fourth-order valence-corrected chi connectivity index (χ4v) is 1.98. The van der Waals surface area contributed by atoms with Crippen LogP contribution in [0.25, 0.3) is 0 Å². The molecule has 1 aromatic heterocycles. The summed E-state index contributed by atoms with van der Waals surface area (Å²) >= 11 is 0. The van der Waals surface area contributed by atoms with Gasteiger partial charge in [0.1, 0.15) is 5.69 Å². The molecule has 0 radical (unpaired) electrons. The Balaban J connectivity index is 1.95. The molecule has 1 aliphatic carbocycles. The van der Waals surface area contributed by atoms with E-state index in [-0.39, 0.29) is 12.0 Å². The van der Waals surface area contributed by atoms with Gasteiger partial charge in [-0.1, -0.05) is 0 Å². The average molecular weight is 250 g/mol. The molecule has 98 valence electrons. The lowest BCUT2D eigenvalue weighted by Gasteiger charge is -2.15. The van der Waals surface area contributed by atoms with Gasteiger partial charge in [0.25, 0.3) is 0 Å². The van der Waals surface area contributed by atoms with Gasteiger partial charge in [-0.2, -0.15) is 0 Å². The Labute approximate surface area is 106 Å². The van der Waals surface area contributed by atoms with Crippen LogP contribution in [-0.4, -0.2) is 36.3 Å². The summed E-state index contributed by atoms with van der Waals surface area (Å²) in [5.41, 5.74) is 1.40. The highest BCUT2D eigenvalue weighted by Crippen LogP contribution is 2.48. The van der Waals surface area contributed by atoms with Crippen LogP contribution in [0.4, 0.5) is 5.69 Å². The Morgan fingerprint density at radius 3 is 3.00 bits per heavy atom. The number of ether oxygens (including phenoxy) is 1. The molecule has 1 fully saturated rings. The second kappa shape index (κ2) is 5.35. The van der Waals surface area contributed by atoms with Crippen molar-refractivity contribution in [1.29, 1.82) is 0 Å². The van der Waals surface area contributed by atoms with Gasteiger partial charge in [-0.3, -0.25) is 0 Å². The van der Waals surface area contributed by atoms with Gasteiger partial charge in [-0.05, 0) is 36.8 Å². The summed E-state index contributed by atoms with van der Waals surface area (Å²) in [6, 6.07) is 3.50. The lowest BCUT2D eigenvalue weighted by atomic mass is 10.0. The molecule has 0 bridgehead atoms. The first-order valence-electron chi connectivity index (χ1n) is 6.08. The van der Waals surface area contributed by atoms with Crippen LogP contribution >= 0.6 is 0 Å². The average Bonchev–Trinajstić information content (AvgIpc) is 3.17. The van der Waals surface area contributed by atoms with E-state index in [2.05, 4.69) is 15.0 Å². The van der Waals surface area contributed by atoms with Crippen molar-refractivity contribution >= 4 is 11.7 Å². The fourth-order valence-electron chi connectivity index (χ4n) is 1.98. The molecule has 1 aliphatic rings. The maximum atomic E-state index is 11.3. The Morgan fingerprint density at radius 2 is 2.39 bits per heavy atom. The monoisotopic (exact) mass is 250 g/mol. The summed E-state index contributed by atoms with van der Waals surface area (Å²) in [7, 11) is 1.34. The first kappa shape index (κ1) is 12.8. The van der Waals surface area contributed by atoms with Crippen molar-refractivity contribution in [2.24, 2.45) is 5.41 Å². The number of rotatable bonds is 6. The van der Waals surface area contributed by atoms with Crippen LogP contribution in [0.3, 0.4) is 0 Å². The van der Waals surface area contributed by atoms with Crippen LogP contribution in [0.2, 0.25) is 0 Å². The molecule has 0 aliphatic heterocycles. The van der Waals surface area contributed by atoms with Crippen LogP contribution in [0.5, 0.6) is 0 Å². The van der Waals surface area contributed by atoms with Gasteiger partial charge in [-0.15, -0.1) is 0 Å². The maximum Gasteiger partial charge on any atom is 0.356 e. The molecule has 1 aromatic rings. The molecule has 1 saturated carbocycles. The zero-order chi connectivity index (χ0) is 13.0. The van der Waals surface area contributed by atoms with Crippen molar-refractivity contribution < 1.29 is 14.6 Å². The Kier molecular flexibility index (Phi) is 3.81. The van der Waals surface area contributed by atoms with Gasteiger partial charge in [0.15, 0.2) is 0 Å². The van der Waals surface area contributed by atoms with E-state index in [0.717, 1.165) is 31.5 Å². The molecule has 2 rings (SSSR count). The third-order valence-corrected chi connectivity index (χ3v) is 3.42. The summed E-state index contributed by atoms with van der Waals surface area (Å²) in [5.74, 6) is -0.435. The Morgan fingerprint density at radius 1 is 1.61 bits per heavy atom. The third kappa shape index (κ3) is 2.98. The highest BCUT2D eigenvalue weighted by molar-refractivity contribution is 5.88. The van der Waals surface area contributed by atoms with Gasteiger partial charge in [0.2, 0.25) is 0 Å². The van der Waals surface area contributed by atoms with Gasteiger partial charge >= 0.3 is 5.97 Å². The highest BCUT2D eigenvalue weighted by Gasteiger charge is 2.41. The standard InChI is InChI=1S/C13H18N2O3/c1-18-12(17)11-8-10(2-6-14-11)15-9-13(3-4-13)5-7-16/h2,6,8,16H,3-5,7,9H2,1H3,(H,14,15). The quantitative estimate of drug-likeness (QED) is 0.748. The second-order valence-corrected chi connectivity index (χ2v) is 4.75. The molecular weight excluding hydrogens is 232 g/mol.